The number of nitrogens with zero attached hydrogens (tertiary/aromatic N) is 7. The molecule has 7 rings (SSSR count). The number of piperidine rings is 1. The summed E-state index contributed by atoms with van der Waals surface area (Å²) in [5, 5.41) is 9.75. The number of aromatic hydroxyl groups is 1. The number of hydrogen-bond acceptors (Lipinski definition) is 11. The van der Waals surface area contributed by atoms with E-state index in [9.17, 15) is 28.7 Å². The molecule has 5 aromatic rings. The van der Waals surface area contributed by atoms with Crippen molar-refractivity contribution in [2.75, 3.05) is 45.4 Å². The van der Waals surface area contributed by atoms with Gasteiger partial charge >= 0.3 is 0 Å². The van der Waals surface area contributed by atoms with Crippen molar-refractivity contribution in [2.24, 2.45) is 0 Å². The van der Waals surface area contributed by atoms with E-state index in [-0.39, 0.29) is 63.5 Å². The number of pyridine rings is 3. The second-order valence-electron chi connectivity index (χ2n) is 12.2. The van der Waals surface area contributed by atoms with Crippen LogP contribution in [0.4, 0.5) is 10.2 Å². The normalized spacial score (nSPS) is 15.6. The van der Waals surface area contributed by atoms with Gasteiger partial charge in [-0.25, -0.2) is 9.97 Å². The molecule has 1 saturated heterocycles. The molecule has 52 heavy (non-hydrogen) atoms. The van der Waals surface area contributed by atoms with Gasteiger partial charge in [0.25, 0.3) is 17.7 Å². The lowest BCUT2D eigenvalue weighted by Crippen LogP contribution is -2.56. The number of ether oxygens (including phenoxy) is 2. The first-order chi connectivity index (χ1) is 24.6. The molecule has 15 heteroatoms. The number of phenols is 1. The molecule has 0 spiro atoms. The van der Waals surface area contributed by atoms with E-state index in [4.69, 9.17) is 9.47 Å². The smallest absolute Gasteiger partial charge is 0.262 e. The van der Waals surface area contributed by atoms with Gasteiger partial charge in [0.2, 0.25) is 11.9 Å². The van der Waals surface area contributed by atoms with Gasteiger partial charge in [0.15, 0.2) is 0 Å². The summed E-state index contributed by atoms with van der Waals surface area (Å²) in [5.41, 5.74) is 2.98. The van der Waals surface area contributed by atoms with Gasteiger partial charge in [-0.3, -0.25) is 34.0 Å². The molecule has 2 aliphatic rings. The van der Waals surface area contributed by atoms with E-state index in [0.29, 0.717) is 34.2 Å². The molecule has 0 saturated carbocycles. The number of carbonyl (C=O) groups is 4. The molecule has 1 N–H and O–H groups in total. The van der Waals surface area contributed by atoms with Crippen molar-refractivity contribution in [1.82, 2.24) is 29.2 Å². The van der Waals surface area contributed by atoms with Gasteiger partial charge in [-0.05, 0) is 61.0 Å². The van der Waals surface area contributed by atoms with Crippen LogP contribution in [0, 0.1) is 5.95 Å². The second kappa shape index (κ2) is 14.6. The lowest BCUT2D eigenvalue weighted by atomic mass is 10.0. The van der Waals surface area contributed by atoms with Crippen molar-refractivity contribution in [1.29, 1.82) is 0 Å². The molecule has 1 unspecified atom stereocenters. The SMILES string of the molecule is C.CN(C)c1ccc(-c2ccc(-c3cn4cc(OCCOCCN5C(=O)CCC(N6C(=O)c7ccc(O)cc7C6=O)C5=O)ccc4n3)cn2)c(F)n1. The zero-order valence-electron chi connectivity index (χ0n) is 27.7. The maximum absolute atomic E-state index is 14.6. The number of amides is 4. The summed E-state index contributed by atoms with van der Waals surface area (Å²) >= 11 is 0. The quantitative estimate of drug-likeness (QED) is 0.119. The minimum Gasteiger partial charge on any atom is -0.508 e. The zero-order valence-corrected chi connectivity index (χ0v) is 27.7. The standard InChI is InChI=1S/C36H32FN7O7.CH4/c1-41(2)30-11-7-25(33(37)40-30)27-8-3-21(18-38-27)28-20-42-19-23(5-10-31(42)39-28)51-16-15-50-14-13-43-32(46)12-9-29(36(43)49)44-34(47)24-6-4-22(45)17-26(24)35(44)48;/h3-8,10-11,17-20,29,45H,9,12-16H2,1-2H3;1H4. The van der Waals surface area contributed by atoms with E-state index in [1.165, 1.54) is 18.2 Å². The summed E-state index contributed by atoms with van der Waals surface area (Å²) in [5.74, 6) is -2.06. The Balaban J connectivity index is 0.00000464. The summed E-state index contributed by atoms with van der Waals surface area (Å²) in [6, 6.07) is 13.2. The highest BCUT2D eigenvalue weighted by Crippen LogP contribution is 2.31. The summed E-state index contributed by atoms with van der Waals surface area (Å²) in [6.45, 7) is 0.337. The highest BCUT2D eigenvalue weighted by molar-refractivity contribution is 6.23. The predicted molar refractivity (Wildman–Crippen MR) is 187 cm³/mol. The Bertz CT molecular complexity index is 2190. The molecule has 1 atom stereocenters. The summed E-state index contributed by atoms with van der Waals surface area (Å²) in [7, 11) is 3.58. The fourth-order valence-electron chi connectivity index (χ4n) is 6.07. The van der Waals surface area contributed by atoms with E-state index in [0.717, 1.165) is 15.4 Å². The number of benzene rings is 1. The van der Waals surface area contributed by atoms with E-state index < -0.39 is 35.6 Å². The maximum Gasteiger partial charge on any atom is 0.262 e. The van der Waals surface area contributed by atoms with Crippen molar-refractivity contribution in [3.63, 3.8) is 0 Å². The van der Waals surface area contributed by atoms with Crippen LogP contribution in [0.1, 0.15) is 41.0 Å². The molecule has 14 nitrogen and oxygen atoms in total. The Labute approximate surface area is 298 Å². The van der Waals surface area contributed by atoms with Crippen molar-refractivity contribution < 1.29 is 38.1 Å². The number of phenolic OH excluding ortho intramolecular Hbond substituents is 1. The second-order valence-corrected chi connectivity index (χ2v) is 12.2. The number of anilines is 1. The Hall–Kier alpha value is -6.22. The van der Waals surface area contributed by atoms with E-state index in [2.05, 4.69) is 15.0 Å². The molecule has 268 valence electrons. The van der Waals surface area contributed by atoms with Crippen molar-refractivity contribution in [3.05, 3.63) is 90.3 Å². The molecule has 4 amide bonds. The Morgan fingerprint density at radius 3 is 2.42 bits per heavy atom. The van der Waals surface area contributed by atoms with Gasteiger partial charge in [0.05, 0.1) is 54.0 Å². The van der Waals surface area contributed by atoms with Gasteiger partial charge in [0, 0.05) is 38.5 Å². The number of fused-ring (bicyclic) bond motifs is 2. The first-order valence-electron chi connectivity index (χ1n) is 16.1. The number of rotatable bonds is 11. The number of hydrogen-bond donors (Lipinski definition) is 1. The fourth-order valence-corrected chi connectivity index (χ4v) is 6.07. The van der Waals surface area contributed by atoms with E-state index in [1.807, 2.05) is 16.7 Å². The Morgan fingerprint density at radius 1 is 0.885 bits per heavy atom. The van der Waals surface area contributed by atoms with Crippen LogP contribution in [0.2, 0.25) is 0 Å². The molecule has 2 aliphatic heterocycles. The fraction of sp³-hybridized carbons (Fsp3) is 0.270. The van der Waals surface area contributed by atoms with Crippen LogP contribution in [0.3, 0.4) is 0 Å². The summed E-state index contributed by atoms with van der Waals surface area (Å²) < 4.78 is 27.9. The summed E-state index contributed by atoms with van der Waals surface area (Å²) in [6.07, 6.45) is 5.24. The minimum atomic E-state index is -1.12. The molecule has 1 aromatic carbocycles. The third-order valence-electron chi connectivity index (χ3n) is 8.70. The Morgan fingerprint density at radius 2 is 1.67 bits per heavy atom. The zero-order chi connectivity index (χ0) is 35.8. The van der Waals surface area contributed by atoms with Crippen LogP contribution < -0.4 is 9.64 Å². The molecule has 1 fully saturated rings. The molecule has 0 bridgehead atoms. The first-order valence-corrected chi connectivity index (χ1v) is 16.1. The highest BCUT2D eigenvalue weighted by atomic mass is 19.1. The van der Waals surface area contributed by atoms with Crippen molar-refractivity contribution in [2.45, 2.75) is 26.3 Å². The van der Waals surface area contributed by atoms with Crippen LogP contribution in [0.5, 0.6) is 11.5 Å². The average molecular weight is 710 g/mol. The molecule has 4 aromatic heterocycles. The van der Waals surface area contributed by atoms with E-state index >= 15 is 0 Å². The maximum atomic E-state index is 14.6. The van der Waals surface area contributed by atoms with Gasteiger partial charge in [-0.2, -0.15) is 4.39 Å². The van der Waals surface area contributed by atoms with Crippen molar-refractivity contribution in [3.8, 4) is 34.0 Å². The topological polar surface area (TPSA) is 160 Å². The third kappa shape index (κ3) is 6.77. The number of imide groups is 2. The molecule has 6 heterocycles. The monoisotopic (exact) mass is 709 g/mol. The average Bonchev–Trinajstić information content (AvgIpc) is 3.65. The lowest BCUT2D eigenvalue weighted by Gasteiger charge is -2.34. The van der Waals surface area contributed by atoms with Gasteiger partial charge in [-0.1, -0.05) is 7.43 Å². The number of likely N-dealkylation sites (tertiary alicyclic amines) is 1. The number of carbonyl (C=O) groups excluding carboxylic acids is 4. The first kappa shape index (κ1) is 35.6. The van der Waals surface area contributed by atoms with Crippen LogP contribution >= 0.6 is 0 Å². The van der Waals surface area contributed by atoms with Gasteiger partial charge in [-0.15, -0.1) is 0 Å². The van der Waals surface area contributed by atoms with Gasteiger partial charge < -0.3 is 23.9 Å². The highest BCUT2D eigenvalue weighted by Gasteiger charge is 2.47. The lowest BCUT2D eigenvalue weighted by molar-refractivity contribution is -0.152. The number of imidazole rings is 1. The molecular weight excluding hydrogens is 673 g/mol. The Kier molecular flexibility index (Phi) is 9.97. The third-order valence-corrected chi connectivity index (χ3v) is 8.70. The number of aromatic nitrogens is 4. The van der Waals surface area contributed by atoms with Crippen LogP contribution in [0.25, 0.3) is 28.2 Å². The van der Waals surface area contributed by atoms with E-state index in [1.54, 1.807) is 61.7 Å². The number of halogens is 1. The van der Waals surface area contributed by atoms with Gasteiger partial charge in [0.1, 0.15) is 35.6 Å². The van der Waals surface area contributed by atoms with Crippen molar-refractivity contribution >= 4 is 35.1 Å². The van der Waals surface area contributed by atoms with Crippen LogP contribution in [-0.4, -0.2) is 104 Å². The summed E-state index contributed by atoms with van der Waals surface area (Å²) in [4.78, 5) is 68.4. The molecule has 0 aliphatic carbocycles. The van der Waals surface area contributed by atoms with Crippen LogP contribution in [0.15, 0.2) is 73.2 Å². The largest absolute Gasteiger partial charge is 0.508 e. The molecular formula is C37H36FN7O7. The minimum absolute atomic E-state index is 0. The molecule has 0 radical (unpaired) electrons. The van der Waals surface area contributed by atoms with Crippen LogP contribution in [-0.2, 0) is 14.3 Å². The predicted octanol–water partition coefficient (Wildman–Crippen LogP) is 4.21.